The van der Waals surface area contributed by atoms with Gasteiger partial charge in [0, 0.05) is 23.9 Å². The molecule has 0 aliphatic rings. The first-order chi connectivity index (χ1) is 8.70. The molecule has 1 aromatic carbocycles. The van der Waals surface area contributed by atoms with Gasteiger partial charge in [-0.25, -0.2) is 0 Å². The van der Waals surface area contributed by atoms with Crippen molar-refractivity contribution < 1.29 is 0 Å². The molecule has 0 bridgehead atoms. The maximum Gasteiger partial charge on any atom is 0.0802 e. The molecule has 2 rings (SSSR count). The Bertz CT molecular complexity index is 512. The number of hydrogen-bond donors (Lipinski definition) is 1. The first kappa shape index (κ1) is 13.5. The van der Waals surface area contributed by atoms with Gasteiger partial charge in [-0.1, -0.05) is 23.7 Å². The summed E-state index contributed by atoms with van der Waals surface area (Å²) in [5.41, 5.74) is 1.06. The Morgan fingerprint density at radius 2 is 2.17 bits per heavy atom. The van der Waals surface area contributed by atoms with Crippen molar-refractivity contribution in [2.75, 3.05) is 12.8 Å². The Kier molecular flexibility index (Phi) is 4.69. The van der Waals surface area contributed by atoms with Gasteiger partial charge in [0.1, 0.15) is 0 Å². The van der Waals surface area contributed by atoms with Crippen LogP contribution in [0.1, 0.15) is 11.7 Å². The quantitative estimate of drug-likeness (QED) is 0.854. The molecule has 0 aliphatic carbocycles. The molecule has 0 radical (unpaired) electrons. The van der Waals surface area contributed by atoms with E-state index in [0.29, 0.717) is 0 Å². The molecular weight excluding hydrogens is 266 g/mol. The lowest BCUT2D eigenvalue weighted by Gasteiger charge is -2.13. The van der Waals surface area contributed by atoms with Crippen molar-refractivity contribution in [2.45, 2.75) is 10.9 Å². The van der Waals surface area contributed by atoms with Gasteiger partial charge in [-0.3, -0.25) is 4.68 Å². The van der Waals surface area contributed by atoms with Crippen LogP contribution in [0.15, 0.2) is 41.4 Å². The van der Waals surface area contributed by atoms with Crippen LogP contribution in [0.4, 0.5) is 0 Å². The fraction of sp³-hybridized carbons (Fsp3) is 0.308. The Balaban J connectivity index is 2.02. The first-order valence-electron chi connectivity index (χ1n) is 5.75. The summed E-state index contributed by atoms with van der Waals surface area (Å²) >= 11 is 7.88. The highest BCUT2D eigenvalue weighted by atomic mass is 35.5. The fourth-order valence-corrected chi connectivity index (χ4v) is 3.03. The monoisotopic (exact) mass is 281 g/mol. The molecule has 1 atom stereocenters. The molecule has 1 heterocycles. The number of aromatic nitrogens is 2. The van der Waals surface area contributed by atoms with E-state index in [-0.39, 0.29) is 6.04 Å². The van der Waals surface area contributed by atoms with Crippen molar-refractivity contribution >= 4 is 23.4 Å². The van der Waals surface area contributed by atoms with Gasteiger partial charge < -0.3 is 5.32 Å². The van der Waals surface area contributed by atoms with E-state index in [9.17, 15) is 0 Å². The summed E-state index contributed by atoms with van der Waals surface area (Å²) in [4.78, 5) is 1.11. The molecule has 2 aromatic rings. The number of aryl methyl sites for hydroxylation is 1. The van der Waals surface area contributed by atoms with Gasteiger partial charge in [0.2, 0.25) is 0 Å². The fourth-order valence-electron chi connectivity index (χ4n) is 1.67. The summed E-state index contributed by atoms with van der Waals surface area (Å²) in [6, 6.07) is 10.2. The summed E-state index contributed by atoms with van der Waals surface area (Å²) in [5.74, 6) is 0.900. The molecule has 0 saturated carbocycles. The molecule has 96 valence electrons. The molecular formula is C13H16ClN3S. The van der Waals surface area contributed by atoms with E-state index in [1.165, 1.54) is 0 Å². The SMILES string of the molecule is CNC(CSc1ccccc1Cl)c1ccn(C)n1. The lowest BCUT2D eigenvalue weighted by atomic mass is 10.2. The van der Waals surface area contributed by atoms with Crippen molar-refractivity contribution in [1.29, 1.82) is 0 Å². The van der Waals surface area contributed by atoms with Gasteiger partial charge in [0.15, 0.2) is 0 Å². The highest BCUT2D eigenvalue weighted by molar-refractivity contribution is 7.99. The summed E-state index contributed by atoms with van der Waals surface area (Å²) in [7, 11) is 3.88. The van der Waals surface area contributed by atoms with Crippen LogP contribution >= 0.6 is 23.4 Å². The Hall–Kier alpha value is -0.970. The molecule has 18 heavy (non-hydrogen) atoms. The Labute approximate surface area is 117 Å². The summed E-state index contributed by atoms with van der Waals surface area (Å²) in [5, 5.41) is 8.51. The van der Waals surface area contributed by atoms with Crippen LogP contribution in [0.5, 0.6) is 0 Å². The van der Waals surface area contributed by atoms with E-state index >= 15 is 0 Å². The normalized spacial score (nSPS) is 12.6. The molecule has 0 amide bonds. The maximum absolute atomic E-state index is 6.14. The smallest absolute Gasteiger partial charge is 0.0802 e. The molecule has 0 aliphatic heterocycles. The summed E-state index contributed by atoms with van der Waals surface area (Å²) < 4.78 is 1.82. The van der Waals surface area contributed by atoms with E-state index in [2.05, 4.69) is 10.4 Å². The van der Waals surface area contributed by atoms with Crippen molar-refractivity contribution in [3.63, 3.8) is 0 Å². The third-order valence-electron chi connectivity index (χ3n) is 2.68. The lowest BCUT2D eigenvalue weighted by Crippen LogP contribution is -2.19. The van der Waals surface area contributed by atoms with Gasteiger partial charge in [-0.05, 0) is 25.2 Å². The minimum Gasteiger partial charge on any atom is -0.311 e. The largest absolute Gasteiger partial charge is 0.311 e. The summed E-state index contributed by atoms with van der Waals surface area (Å²) in [6.45, 7) is 0. The number of nitrogens with zero attached hydrogens (tertiary/aromatic N) is 2. The topological polar surface area (TPSA) is 29.9 Å². The highest BCUT2D eigenvalue weighted by Gasteiger charge is 2.13. The lowest BCUT2D eigenvalue weighted by molar-refractivity contribution is 0.619. The van der Waals surface area contributed by atoms with Crippen LogP contribution in [-0.2, 0) is 7.05 Å². The predicted molar refractivity (Wildman–Crippen MR) is 77.2 cm³/mol. The Morgan fingerprint density at radius 1 is 1.39 bits per heavy atom. The average molecular weight is 282 g/mol. The van der Waals surface area contributed by atoms with Gasteiger partial charge >= 0.3 is 0 Å². The van der Waals surface area contributed by atoms with E-state index in [1.54, 1.807) is 11.8 Å². The molecule has 1 N–H and O–H groups in total. The van der Waals surface area contributed by atoms with Crippen molar-refractivity contribution in [1.82, 2.24) is 15.1 Å². The molecule has 1 unspecified atom stereocenters. The molecule has 0 saturated heterocycles. The zero-order valence-corrected chi connectivity index (χ0v) is 12.0. The van der Waals surface area contributed by atoms with E-state index in [4.69, 9.17) is 11.6 Å². The van der Waals surface area contributed by atoms with E-state index in [0.717, 1.165) is 21.4 Å². The maximum atomic E-state index is 6.14. The standard InChI is InChI=1S/C13H16ClN3S/c1-15-12(11-7-8-17(2)16-11)9-18-13-6-4-3-5-10(13)14/h3-8,12,15H,9H2,1-2H3. The third kappa shape index (κ3) is 3.28. The van der Waals surface area contributed by atoms with Crippen LogP contribution in [-0.4, -0.2) is 22.6 Å². The number of thioether (sulfide) groups is 1. The minimum atomic E-state index is 0.229. The van der Waals surface area contributed by atoms with Crippen LogP contribution in [0, 0.1) is 0 Å². The second-order valence-electron chi connectivity index (χ2n) is 4.00. The van der Waals surface area contributed by atoms with Crippen LogP contribution in [0.3, 0.4) is 0 Å². The van der Waals surface area contributed by atoms with Gasteiger partial charge in [0.05, 0.1) is 16.8 Å². The predicted octanol–water partition coefficient (Wildman–Crippen LogP) is 3.13. The van der Waals surface area contributed by atoms with Crippen molar-refractivity contribution in [2.24, 2.45) is 7.05 Å². The number of benzene rings is 1. The molecule has 5 heteroatoms. The second kappa shape index (κ2) is 6.27. The average Bonchev–Trinajstić information content (AvgIpc) is 2.79. The van der Waals surface area contributed by atoms with Crippen molar-refractivity contribution in [3.05, 3.63) is 47.2 Å². The zero-order chi connectivity index (χ0) is 13.0. The first-order valence-corrected chi connectivity index (χ1v) is 7.11. The Morgan fingerprint density at radius 3 is 2.78 bits per heavy atom. The molecule has 0 spiro atoms. The zero-order valence-electron chi connectivity index (χ0n) is 10.4. The van der Waals surface area contributed by atoms with E-state index < -0.39 is 0 Å². The van der Waals surface area contributed by atoms with Crippen LogP contribution in [0.25, 0.3) is 0 Å². The molecule has 3 nitrogen and oxygen atoms in total. The van der Waals surface area contributed by atoms with Gasteiger partial charge in [0.25, 0.3) is 0 Å². The van der Waals surface area contributed by atoms with Gasteiger partial charge in [-0.15, -0.1) is 11.8 Å². The number of hydrogen-bond acceptors (Lipinski definition) is 3. The third-order valence-corrected chi connectivity index (χ3v) is 4.29. The summed E-state index contributed by atoms with van der Waals surface area (Å²) in [6.07, 6.45) is 1.96. The van der Waals surface area contributed by atoms with Gasteiger partial charge in [-0.2, -0.15) is 5.10 Å². The second-order valence-corrected chi connectivity index (χ2v) is 5.47. The number of halogens is 1. The highest BCUT2D eigenvalue weighted by Crippen LogP contribution is 2.29. The minimum absolute atomic E-state index is 0.229. The molecule has 1 aromatic heterocycles. The molecule has 0 fully saturated rings. The van der Waals surface area contributed by atoms with Crippen LogP contribution in [0.2, 0.25) is 5.02 Å². The van der Waals surface area contributed by atoms with Crippen molar-refractivity contribution in [3.8, 4) is 0 Å². The number of nitrogens with one attached hydrogen (secondary N) is 1. The van der Waals surface area contributed by atoms with E-state index in [1.807, 2.05) is 55.3 Å². The van der Waals surface area contributed by atoms with Crippen LogP contribution < -0.4 is 5.32 Å². The number of rotatable bonds is 5.